The number of aryl methyl sites for hydroxylation is 1. The number of benzene rings is 1. The molecule has 1 aromatic heterocycles. The third-order valence-corrected chi connectivity index (χ3v) is 5.52. The second-order valence-corrected chi connectivity index (χ2v) is 7.60. The highest BCUT2D eigenvalue weighted by Gasteiger charge is 2.21. The Bertz CT molecular complexity index is 712. The molecular formula is C19H26N4O2S. The molecule has 0 atom stereocenters. The van der Waals surface area contributed by atoms with Crippen LogP contribution in [0.2, 0.25) is 0 Å². The van der Waals surface area contributed by atoms with E-state index in [2.05, 4.69) is 9.88 Å². The Balaban J connectivity index is 1.35. The maximum Gasteiger partial charge on any atom is 0.222 e. The number of rotatable bonds is 7. The van der Waals surface area contributed by atoms with Crippen molar-refractivity contribution in [2.24, 2.45) is 0 Å². The van der Waals surface area contributed by atoms with Crippen LogP contribution < -0.4 is 10.5 Å². The van der Waals surface area contributed by atoms with Crippen molar-refractivity contribution in [2.75, 3.05) is 38.5 Å². The Morgan fingerprint density at radius 3 is 2.62 bits per heavy atom. The molecule has 1 aliphatic heterocycles. The predicted octanol–water partition coefficient (Wildman–Crippen LogP) is 2.54. The first kappa shape index (κ1) is 18.7. The van der Waals surface area contributed by atoms with E-state index in [1.807, 2.05) is 42.2 Å². The van der Waals surface area contributed by atoms with Crippen molar-refractivity contribution in [3.05, 3.63) is 40.9 Å². The number of para-hydroxylation sites is 1. The van der Waals surface area contributed by atoms with Gasteiger partial charge in [0.1, 0.15) is 5.75 Å². The van der Waals surface area contributed by atoms with E-state index in [4.69, 9.17) is 10.5 Å². The van der Waals surface area contributed by atoms with Gasteiger partial charge in [0.25, 0.3) is 0 Å². The minimum absolute atomic E-state index is 0.222. The van der Waals surface area contributed by atoms with Gasteiger partial charge in [0.05, 0.1) is 12.3 Å². The molecule has 1 amide bonds. The first-order chi connectivity index (χ1) is 12.6. The van der Waals surface area contributed by atoms with Gasteiger partial charge >= 0.3 is 0 Å². The van der Waals surface area contributed by atoms with Crippen molar-refractivity contribution in [3.8, 4) is 5.75 Å². The van der Waals surface area contributed by atoms with Gasteiger partial charge in [-0.3, -0.25) is 9.69 Å². The predicted molar refractivity (Wildman–Crippen MR) is 104 cm³/mol. The van der Waals surface area contributed by atoms with Gasteiger partial charge in [-0.2, -0.15) is 0 Å². The minimum Gasteiger partial charge on any atom is -0.494 e. The normalized spacial score (nSPS) is 15.2. The van der Waals surface area contributed by atoms with Gasteiger partial charge in [-0.1, -0.05) is 18.2 Å². The van der Waals surface area contributed by atoms with Gasteiger partial charge in [-0.05, 0) is 25.5 Å². The van der Waals surface area contributed by atoms with Crippen LogP contribution in [-0.2, 0) is 11.3 Å². The fraction of sp³-hybridized carbons (Fsp3) is 0.474. The number of carbonyl (C=O) groups is 1. The van der Waals surface area contributed by atoms with Crippen LogP contribution >= 0.6 is 11.3 Å². The number of amides is 1. The van der Waals surface area contributed by atoms with E-state index in [-0.39, 0.29) is 5.91 Å². The zero-order valence-corrected chi connectivity index (χ0v) is 16.0. The molecule has 7 heteroatoms. The summed E-state index contributed by atoms with van der Waals surface area (Å²) in [6.45, 7) is 6.79. The third kappa shape index (κ3) is 5.19. The number of nitrogen functional groups attached to an aromatic ring is 1. The lowest BCUT2D eigenvalue weighted by molar-refractivity contribution is -0.133. The molecule has 1 saturated heterocycles. The Morgan fingerprint density at radius 1 is 1.23 bits per heavy atom. The van der Waals surface area contributed by atoms with Crippen LogP contribution in [0.15, 0.2) is 30.3 Å². The third-order valence-electron chi connectivity index (χ3n) is 4.55. The highest BCUT2D eigenvalue weighted by atomic mass is 32.1. The number of nitrogens with zero attached hydrogens (tertiary/aromatic N) is 3. The zero-order valence-electron chi connectivity index (χ0n) is 15.2. The van der Waals surface area contributed by atoms with Crippen molar-refractivity contribution >= 4 is 22.4 Å². The van der Waals surface area contributed by atoms with E-state index < -0.39 is 0 Å². The SMILES string of the molecule is Cc1nc(N)sc1CN1CCN(C(=O)CCCOc2ccccc2)CC1. The van der Waals surface area contributed by atoms with E-state index in [9.17, 15) is 4.79 Å². The van der Waals surface area contributed by atoms with Gasteiger partial charge in [0.2, 0.25) is 5.91 Å². The summed E-state index contributed by atoms with van der Waals surface area (Å²) in [5, 5.41) is 0.629. The number of hydrogen-bond donors (Lipinski definition) is 1. The van der Waals surface area contributed by atoms with E-state index >= 15 is 0 Å². The van der Waals surface area contributed by atoms with Gasteiger partial charge < -0.3 is 15.4 Å². The molecule has 2 heterocycles. The molecule has 1 fully saturated rings. The summed E-state index contributed by atoms with van der Waals surface area (Å²) in [6.07, 6.45) is 1.28. The van der Waals surface area contributed by atoms with Crippen LogP contribution in [0.3, 0.4) is 0 Å². The first-order valence-electron chi connectivity index (χ1n) is 9.01. The van der Waals surface area contributed by atoms with Crippen molar-refractivity contribution < 1.29 is 9.53 Å². The van der Waals surface area contributed by atoms with E-state index in [0.717, 1.165) is 50.6 Å². The summed E-state index contributed by atoms with van der Waals surface area (Å²) in [6, 6.07) is 9.71. The zero-order chi connectivity index (χ0) is 18.4. The van der Waals surface area contributed by atoms with Gasteiger partial charge in [0, 0.05) is 44.0 Å². The molecule has 0 radical (unpaired) electrons. The summed E-state index contributed by atoms with van der Waals surface area (Å²) >= 11 is 1.56. The van der Waals surface area contributed by atoms with E-state index in [1.165, 1.54) is 4.88 Å². The topological polar surface area (TPSA) is 71.7 Å². The van der Waals surface area contributed by atoms with Crippen LogP contribution in [0.25, 0.3) is 0 Å². The Labute approximate surface area is 158 Å². The lowest BCUT2D eigenvalue weighted by atomic mass is 10.2. The van der Waals surface area contributed by atoms with Gasteiger partial charge in [-0.15, -0.1) is 11.3 Å². The average molecular weight is 375 g/mol. The summed E-state index contributed by atoms with van der Waals surface area (Å²) in [7, 11) is 0. The molecular weight excluding hydrogens is 348 g/mol. The van der Waals surface area contributed by atoms with Gasteiger partial charge in [0.15, 0.2) is 5.13 Å². The Kier molecular flexibility index (Phi) is 6.46. The monoisotopic (exact) mass is 374 g/mol. The molecule has 6 nitrogen and oxygen atoms in total. The van der Waals surface area contributed by atoms with E-state index in [0.29, 0.717) is 18.2 Å². The first-order valence-corrected chi connectivity index (χ1v) is 9.83. The maximum atomic E-state index is 12.4. The molecule has 3 rings (SSSR count). The Hall–Kier alpha value is -2.12. The van der Waals surface area contributed by atoms with Gasteiger partial charge in [-0.25, -0.2) is 4.98 Å². The lowest BCUT2D eigenvalue weighted by Gasteiger charge is -2.34. The average Bonchev–Trinajstić information content (AvgIpc) is 2.97. The molecule has 0 bridgehead atoms. The maximum absolute atomic E-state index is 12.4. The summed E-state index contributed by atoms with van der Waals surface area (Å²) in [5.41, 5.74) is 6.79. The number of hydrogen-bond acceptors (Lipinski definition) is 6. The van der Waals surface area contributed by atoms with Crippen molar-refractivity contribution in [1.29, 1.82) is 0 Å². The fourth-order valence-corrected chi connectivity index (χ4v) is 3.92. The summed E-state index contributed by atoms with van der Waals surface area (Å²) in [4.78, 5) is 22.2. The molecule has 0 spiro atoms. The molecule has 1 aromatic carbocycles. The largest absolute Gasteiger partial charge is 0.494 e. The molecule has 2 N–H and O–H groups in total. The molecule has 1 aliphatic rings. The summed E-state index contributed by atoms with van der Waals surface area (Å²) < 4.78 is 5.65. The van der Waals surface area contributed by atoms with Crippen LogP contribution in [0.4, 0.5) is 5.13 Å². The van der Waals surface area contributed by atoms with Crippen LogP contribution in [0.5, 0.6) is 5.75 Å². The number of aromatic nitrogens is 1. The quantitative estimate of drug-likeness (QED) is 0.754. The highest BCUT2D eigenvalue weighted by Crippen LogP contribution is 2.22. The van der Waals surface area contributed by atoms with Crippen LogP contribution in [-0.4, -0.2) is 53.5 Å². The lowest BCUT2D eigenvalue weighted by Crippen LogP contribution is -2.48. The number of carbonyl (C=O) groups excluding carboxylic acids is 1. The standard InChI is InChI=1S/C19H26N4O2S/c1-15-17(26-19(20)21-15)14-22-9-11-23(12-10-22)18(24)8-5-13-25-16-6-3-2-4-7-16/h2-4,6-7H,5,8-14H2,1H3,(H2,20,21). The fourth-order valence-electron chi connectivity index (χ4n) is 3.04. The van der Waals surface area contributed by atoms with Crippen LogP contribution in [0, 0.1) is 6.92 Å². The van der Waals surface area contributed by atoms with Crippen LogP contribution in [0.1, 0.15) is 23.4 Å². The second kappa shape index (κ2) is 9.00. The number of thiazole rings is 1. The molecule has 140 valence electrons. The number of nitrogens with two attached hydrogens (primary N) is 1. The molecule has 0 unspecified atom stereocenters. The van der Waals surface area contributed by atoms with Crippen molar-refractivity contribution in [3.63, 3.8) is 0 Å². The van der Waals surface area contributed by atoms with E-state index in [1.54, 1.807) is 11.3 Å². The molecule has 0 aliphatic carbocycles. The summed E-state index contributed by atoms with van der Waals surface area (Å²) in [5.74, 6) is 1.08. The minimum atomic E-state index is 0.222. The molecule has 26 heavy (non-hydrogen) atoms. The number of anilines is 1. The highest BCUT2D eigenvalue weighted by molar-refractivity contribution is 7.15. The molecule has 0 saturated carbocycles. The number of ether oxygens (including phenoxy) is 1. The Morgan fingerprint density at radius 2 is 1.96 bits per heavy atom. The van der Waals surface area contributed by atoms with Crippen molar-refractivity contribution in [1.82, 2.24) is 14.8 Å². The molecule has 2 aromatic rings. The van der Waals surface area contributed by atoms with Crippen molar-refractivity contribution in [2.45, 2.75) is 26.3 Å². The second-order valence-electron chi connectivity index (χ2n) is 6.48. The smallest absolute Gasteiger partial charge is 0.222 e. The number of piperazine rings is 1.